The number of hydrogen-bond acceptors (Lipinski definition) is 4. The fraction of sp³-hybridized carbons (Fsp3) is 0.667. The number of rotatable bonds is 5. The van der Waals surface area contributed by atoms with Crippen LogP contribution in [0.1, 0.15) is 31.2 Å². The molecule has 3 aliphatic heterocycles. The molecule has 3 saturated heterocycles. The van der Waals surface area contributed by atoms with Crippen LogP contribution in [0.3, 0.4) is 0 Å². The molecule has 1 amide bonds. The number of ether oxygens (including phenoxy) is 2. The number of benzene rings is 1. The van der Waals surface area contributed by atoms with Gasteiger partial charge in [0.05, 0.1) is 6.10 Å². The summed E-state index contributed by atoms with van der Waals surface area (Å²) in [6.45, 7) is 4.40. The molecule has 1 N–H and O–H groups in total. The lowest BCUT2D eigenvalue weighted by molar-refractivity contribution is -0.133. The predicted octanol–water partition coefficient (Wildman–Crippen LogP) is 2.49. The molecule has 3 fully saturated rings. The van der Waals surface area contributed by atoms with E-state index in [1.165, 1.54) is 12.1 Å². The molecule has 0 aliphatic carbocycles. The SMILES string of the molecule is O=C(NCC1CCOCC1)[C@H]1C[C@@H]2CCN(Cc3ccc(F)c(F)c3)C[C@H]2O1. The van der Waals surface area contributed by atoms with Crippen molar-refractivity contribution >= 4 is 5.91 Å². The predicted molar refractivity (Wildman–Crippen MR) is 99.6 cm³/mol. The van der Waals surface area contributed by atoms with Gasteiger partial charge in [0.2, 0.25) is 5.91 Å². The minimum absolute atomic E-state index is 0.00644. The van der Waals surface area contributed by atoms with Crippen LogP contribution in [0.2, 0.25) is 0 Å². The molecule has 3 heterocycles. The van der Waals surface area contributed by atoms with Crippen LogP contribution < -0.4 is 5.32 Å². The number of piperidine rings is 1. The Morgan fingerprint density at radius 3 is 2.79 bits per heavy atom. The van der Waals surface area contributed by atoms with Gasteiger partial charge in [0.15, 0.2) is 11.6 Å². The van der Waals surface area contributed by atoms with Crippen molar-refractivity contribution in [3.63, 3.8) is 0 Å². The van der Waals surface area contributed by atoms with Gasteiger partial charge >= 0.3 is 0 Å². The maximum Gasteiger partial charge on any atom is 0.249 e. The Balaban J connectivity index is 1.25. The summed E-state index contributed by atoms with van der Waals surface area (Å²) in [6.07, 6.45) is 3.36. The number of nitrogens with zero attached hydrogens (tertiary/aromatic N) is 1. The Kier molecular flexibility index (Phi) is 6.23. The molecule has 5 nitrogen and oxygen atoms in total. The van der Waals surface area contributed by atoms with Crippen LogP contribution in [0.15, 0.2) is 18.2 Å². The van der Waals surface area contributed by atoms with Gasteiger partial charge in [-0.05, 0) is 61.8 Å². The smallest absolute Gasteiger partial charge is 0.249 e. The molecule has 0 spiro atoms. The highest BCUT2D eigenvalue weighted by molar-refractivity contribution is 5.81. The van der Waals surface area contributed by atoms with E-state index in [4.69, 9.17) is 9.47 Å². The summed E-state index contributed by atoms with van der Waals surface area (Å²) < 4.78 is 37.9. The third kappa shape index (κ3) is 4.70. The van der Waals surface area contributed by atoms with Crippen molar-refractivity contribution in [3.8, 4) is 0 Å². The number of fused-ring (bicyclic) bond motifs is 1. The van der Waals surface area contributed by atoms with E-state index in [2.05, 4.69) is 10.2 Å². The number of amides is 1. The lowest BCUT2D eigenvalue weighted by Gasteiger charge is -2.34. The van der Waals surface area contributed by atoms with Gasteiger partial charge in [-0.1, -0.05) is 6.07 Å². The van der Waals surface area contributed by atoms with Gasteiger partial charge in [0.1, 0.15) is 6.10 Å². The molecule has 3 atom stereocenters. The third-order valence-corrected chi connectivity index (χ3v) is 6.22. The van der Waals surface area contributed by atoms with Crippen molar-refractivity contribution in [2.45, 2.75) is 44.4 Å². The lowest BCUT2D eigenvalue weighted by atomic mass is 9.91. The molecule has 0 saturated carbocycles. The second-order valence-electron chi connectivity index (χ2n) is 8.23. The molecule has 0 unspecified atom stereocenters. The van der Waals surface area contributed by atoms with Crippen LogP contribution in [0.4, 0.5) is 8.78 Å². The van der Waals surface area contributed by atoms with Crippen molar-refractivity contribution in [3.05, 3.63) is 35.4 Å². The molecule has 7 heteroatoms. The highest BCUT2D eigenvalue weighted by Crippen LogP contribution is 2.34. The van der Waals surface area contributed by atoms with Gasteiger partial charge in [-0.3, -0.25) is 9.69 Å². The summed E-state index contributed by atoms with van der Waals surface area (Å²) in [5.41, 5.74) is 0.751. The minimum atomic E-state index is -0.823. The van der Waals surface area contributed by atoms with E-state index < -0.39 is 11.6 Å². The van der Waals surface area contributed by atoms with Crippen LogP contribution in [-0.4, -0.2) is 55.9 Å². The first-order chi connectivity index (χ1) is 13.6. The Hall–Kier alpha value is -1.57. The van der Waals surface area contributed by atoms with Crippen molar-refractivity contribution in [2.75, 3.05) is 32.8 Å². The summed E-state index contributed by atoms with van der Waals surface area (Å²) in [7, 11) is 0. The number of carbonyl (C=O) groups excluding carboxylic acids is 1. The first-order valence-electron chi connectivity index (χ1n) is 10.3. The Labute approximate surface area is 164 Å². The molecule has 0 aromatic heterocycles. The number of hydrogen-bond donors (Lipinski definition) is 1. The molecule has 0 radical (unpaired) electrons. The second-order valence-corrected chi connectivity index (χ2v) is 8.23. The van der Waals surface area contributed by atoms with Crippen molar-refractivity contribution < 1.29 is 23.0 Å². The Morgan fingerprint density at radius 2 is 2.00 bits per heavy atom. The van der Waals surface area contributed by atoms with Gasteiger partial charge < -0.3 is 14.8 Å². The molecule has 4 rings (SSSR count). The summed E-state index contributed by atoms with van der Waals surface area (Å²) in [6, 6.07) is 4.04. The summed E-state index contributed by atoms with van der Waals surface area (Å²) in [5, 5.41) is 3.06. The topological polar surface area (TPSA) is 50.8 Å². The largest absolute Gasteiger partial charge is 0.381 e. The zero-order chi connectivity index (χ0) is 19.5. The molecule has 3 aliphatic rings. The summed E-state index contributed by atoms with van der Waals surface area (Å²) >= 11 is 0. The van der Waals surface area contributed by atoms with E-state index in [0.29, 0.717) is 31.5 Å². The molecule has 28 heavy (non-hydrogen) atoms. The number of nitrogens with one attached hydrogen (secondary N) is 1. The maximum atomic E-state index is 13.4. The first kappa shape index (κ1) is 19.7. The van der Waals surface area contributed by atoms with Gasteiger partial charge in [-0.15, -0.1) is 0 Å². The Morgan fingerprint density at radius 1 is 1.18 bits per heavy atom. The highest BCUT2D eigenvalue weighted by Gasteiger charge is 2.41. The minimum Gasteiger partial charge on any atom is -0.381 e. The molecule has 154 valence electrons. The van der Waals surface area contributed by atoms with Crippen LogP contribution in [0, 0.1) is 23.5 Å². The van der Waals surface area contributed by atoms with E-state index in [-0.39, 0.29) is 18.1 Å². The molecular weight excluding hydrogens is 366 g/mol. The zero-order valence-electron chi connectivity index (χ0n) is 16.0. The fourth-order valence-corrected chi connectivity index (χ4v) is 4.51. The normalized spacial score (nSPS) is 28.9. The van der Waals surface area contributed by atoms with E-state index in [0.717, 1.165) is 51.0 Å². The maximum absolute atomic E-state index is 13.4. The van der Waals surface area contributed by atoms with Crippen LogP contribution in [0.25, 0.3) is 0 Å². The highest BCUT2D eigenvalue weighted by atomic mass is 19.2. The monoisotopic (exact) mass is 394 g/mol. The van der Waals surface area contributed by atoms with Gasteiger partial charge in [0, 0.05) is 32.8 Å². The van der Waals surface area contributed by atoms with Crippen molar-refractivity contribution in [1.82, 2.24) is 10.2 Å². The summed E-state index contributed by atoms with van der Waals surface area (Å²) in [4.78, 5) is 14.7. The van der Waals surface area contributed by atoms with E-state index >= 15 is 0 Å². The van der Waals surface area contributed by atoms with Crippen LogP contribution in [0.5, 0.6) is 0 Å². The molecule has 1 aromatic rings. The van der Waals surface area contributed by atoms with Crippen LogP contribution in [-0.2, 0) is 20.8 Å². The van der Waals surface area contributed by atoms with Crippen LogP contribution >= 0.6 is 0 Å². The summed E-state index contributed by atoms with van der Waals surface area (Å²) in [5.74, 6) is -0.761. The fourth-order valence-electron chi connectivity index (χ4n) is 4.51. The van der Waals surface area contributed by atoms with Gasteiger partial charge in [0.25, 0.3) is 0 Å². The van der Waals surface area contributed by atoms with Gasteiger partial charge in [-0.25, -0.2) is 8.78 Å². The van der Waals surface area contributed by atoms with E-state index in [9.17, 15) is 13.6 Å². The lowest BCUT2D eigenvalue weighted by Crippen LogP contribution is -2.42. The standard InChI is InChI=1S/C21H28F2N2O3/c22-17-2-1-15(9-18(17)23)12-25-6-3-16-10-19(28-20(16)13-25)21(26)24-11-14-4-7-27-8-5-14/h1-2,9,14,16,19-20H,3-8,10-13H2,(H,24,26)/t16-,19+,20+/m0/s1. The third-order valence-electron chi connectivity index (χ3n) is 6.22. The zero-order valence-corrected chi connectivity index (χ0v) is 16.0. The first-order valence-corrected chi connectivity index (χ1v) is 10.3. The average molecular weight is 394 g/mol. The van der Waals surface area contributed by atoms with Crippen molar-refractivity contribution in [1.29, 1.82) is 0 Å². The number of carbonyl (C=O) groups is 1. The van der Waals surface area contributed by atoms with Crippen molar-refractivity contribution in [2.24, 2.45) is 11.8 Å². The number of likely N-dealkylation sites (tertiary alicyclic amines) is 1. The quantitative estimate of drug-likeness (QED) is 0.834. The van der Waals surface area contributed by atoms with E-state index in [1.807, 2.05) is 0 Å². The Bertz CT molecular complexity index is 696. The van der Waals surface area contributed by atoms with E-state index in [1.54, 1.807) is 6.07 Å². The second kappa shape index (κ2) is 8.84. The molecular formula is C21H28F2N2O3. The average Bonchev–Trinajstić information content (AvgIpc) is 3.13. The van der Waals surface area contributed by atoms with Gasteiger partial charge in [-0.2, -0.15) is 0 Å². The number of halogens is 2. The molecule has 0 bridgehead atoms. The molecule has 1 aromatic carbocycles.